The highest BCUT2D eigenvalue weighted by Crippen LogP contribution is 2.34. The Bertz CT molecular complexity index is 613. The van der Waals surface area contributed by atoms with Crippen molar-refractivity contribution in [2.24, 2.45) is 0 Å². The molecule has 1 aliphatic rings. The van der Waals surface area contributed by atoms with Crippen LogP contribution in [0.25, 0.3) is 0 Å². The van der Waals surface area contributed by atoms with E-state index >= 15 is 0 Å². The highest BCUT2D eigenvalue weighted by atomic mass is 35.5. The van der Waals surface area contributed by atoms with Gasteiger partial charge in [0.2, 0.25) is 0 Å². The summed E-state index contributed by atoms with van der Waals surface area (Å²) in [5, 5.41) is 0.677. The van der Waals surface area contributed by atoms with Crippen molar-refractivity contribution in [1.29, 1.82) is 0 Å². The van der Waals surface area contributed by atoms with Crippen LogP contribution in [0.1, 0.15) is 5.56 Å². The van der Waals surface area contributed by atoms with Crippen molar-refractivity contribution in [2.75, 3.05) is 18.9 Å². The number of fused-ring (bicyclic) bond motifs is 1. The number of halogens is 1. The second kappa shape index (κ2) is 5.51. The zero-order valence-corrected chi connectivity index (χ0v) is 11.5. The van der Waals surface area contributed by atoms with E-state index in [-0.39, 0.29) is 0 Å². The Kier molecular flexibility index (Phi) is 3.56. The third kappa shape index (κ3) is 2.75. The van der Waals surface area contributed by atoms with Crippen LogP contribution in [-0.4, -0.2) is 13.2 Å². The number of hydrogen-bond donors (Lipinski definition) is 1. The van der Waals surface area contributed by atoms with Crippen molar-refractivity contribution < 1.29 is 14.2 Å². The van der Waals surface area contributed by atoms with Crippen LogP contribution >= 0.6 is 11.6 Å². The monoisotopic (exact) mass is 291 g/mol. The summed E-state index contributed by atoms with van der Waals surface area (Å²) >= 11 is 5.83. The summed E-state index contributed by atoms with van der Waals surface area (Å²) in [5.41, 5.74) is 7.49. The topological polar surface area (TPSA) is 53.7 Å². The third-order valence-electron chi connectivity index (χ3n) is 3.01. The molecule has 0 atom stereocenters. The Labute approximate surface area is 122 Å². The first kappa shape index (κ1) is 12.9. The van der Waals surface area contributed by atoms with E-state index in [2.05, 4.69) is 0 Å². The molecule has 5 heteroatoms. The highest BCUT2D eigenvalue weighted by Gasteiger charge is 2.14. The first-order valence-electron chi connectivity index (χ1n) is 6.29. The van der Waals surface area contributed by atoms with Crippen LogP contribution in [0, 0.1) is 0 Å². The molecule has 4 nitrogen and oxygen atoms in total. The van der Waals surface area contributed by atoms with Crippen molar-refractivity contribution in [3.05, 3.63) is 47.0 Å². The third-order valence-corrected chi connectivity index (χ3v) is 3.26. The fourth-order valence-electron chi connectivity index (χ4n) is 1.96. The first-order valence-corrected chi connectivity index (χ1v) is 6.66. The average Bonchev–Trinajstić information content (AvgIpc) is 2.47. The fraction of sp³-hybridized carbons (Fsp3) is 0.200. The van der Waals surface area contributed by atoms with E-state index in [4.69, 9.17) is 31.5 Å². The van der Waals surface area contributed by atoms with Gasteiger partial charge in [0.05, 0.1) is 0 Å². The smallest absolute Gasteiger partial charge is 0.163 e. The lowest BCUT2D eigenvalue weighted by molar-refractivity contribution is 0.171. The second-order valence-electron chi connectivity index (χ2n) is 4.44. The summed E-state index contributed by atoms with van der Waals surface area (Å²) in [7, 11) is 0. The summed E-state index contributed by atoms with van der Waals surface area (Å²) < 4.78 is 16.7. The molecule has 20 heavy (non-hydrogen) atoms. The molecular weight excluding hydrogens is 278 g/mol. The molecule has 0 amide bonds. The number of anilines is 1. The van der Waals surface area contributed by atoms with Gasteiger partial charge < -0.3 is 19.9 Å². The Morgan fingerprint density at radius 2 is 1.70 bits per heavy atom. The maximum atomic E-state index is 6.00. The maximum Gasteiger partial charge on any atom is 0.163 e. The van der Waals surface area contributed by atoms with E-state index < -0.39 is 0 Å². The molecule has 3 rings (SSSR count). The summed E-state index contributed by atoms with van der Waals surface area (Å²) in [5.74, 6) is 2.13. The quantitative estimate of drug-likeness (QED) is 0.882. The molecule has 1 heterocycles. The van der Waals surface area contributed by atoms with Crippen LogP contribution in [0.2, 0.25) is 5.02 Å². The van der Waals surface area contributed by atoms with Crippen molar-refractivity contribution in [1.82, 2.24) is 0 Å². The molecule has 0 radical (unpaired) electrons. The molecule has 2 N–H and O–H groups in total. The zero-order valence-electron chi connectivity index (χ0n) is 10.8. The van der Waals surface area contributed by atoms with Gasteiger partial charge in [-0.15, -0.1) is 0 Å². The number of rotatable bonds is 3. The van der Waals surface area contributed by atoms with E-state index in [9.17, 15) is 0 Å². The lowest BCUT2D eigenvalue weighted by Gasteiger charge is -2.20. The highest BCUT2D eigenvalue weighted by molar-refractivity contribution is 6.30. The number of ether oxygens (including phenoxy) is 3. The van der Waals surface area contributed by atoms with Gasteiger partial charge in [-0.05, 0) is 30.3 Å². The van der Waals surface area contributed by atoms with Gasteiger partial charge in [0, 0.05) is 22.3 Å². The van der Waals surface area contributed by atoms with Gasteiger partial charge in [-0.1, -0.05) is 11.6 Å². The van der Waals surface area contributed by atoms with Crippen LogP contribution in [0.5, 0.6) is 17.2 Å². The first-order chi connectivity index (χ1) is 9.72. The molecule has 0 saturated carbocycles. The summed E-state index contributed by atoms with van der Waals surface area (Å²) in [6.07, 6.45) is 0. The molecule has 0 saturated heterocycles. The zero-order chi connectivity index (χ0) is 13.9. The van der Waals surface area contributed by atoms with Crippen molar-refractivity contribution >= 4 is 17.3 Å². The number of benzene rings is 2. The van der Waals surface area contributed by atoms with Crippen molar-refractivity contribution in [2.45, 2.75) is 6.61 Å². The standard InChI is InChI=1S/C15H14ClNO3/c16-11-1-3-12(4-2-11)20-9-10-7-14-15(8-13(10)17)19-6-5-18-14/h1-4,7-8H,5-6,9,17H2. The minimum atomic E-state index is 0.365. The van der Waals surface area contributed by atoms with E-state index in [1.165, 1.54) is 0 Å². The molecule has 0 unspecified atom stereocenters. The van der Waals surface area contributed by atoms with Gasteiger partial charge in [0.25, 0.3) is 0 Å². The van der Waals surface area contributed by atoms with E-state index in [1.807, 2.05) is 18.2 Å². The van der Waals surface area contributed by atoms with Crippen molar-refractivity contribution in [3.8, 4) is 17.2 Å². The summed E-state index contributed by atoms with van der Waals surface area (Å²) in [6, 6.07) is 10.8. The molecular formula is C15H14ClNO3. The van der Waals surface area contributed by atoms with Crippen LogP contribution in [0.4, 0.5) is 5.69 Å². The Hall–Kier alpha value is -2.07. The normalized spacial score (nSPS) is 13.1. The predicted octanol–water partition coefficient (Wildman–Crippen LogP) is 3.27. The largest absolute Gasteiger partial charge is 0.489 e. The van der Waals surface area contributed by atoms with Gasteiger partial charge >= 0.3 is 0 Å². The molecule has 2 aromatic carbocycles. The maximum absolute atomic E-state index is 6.00. The lowest BCUT2D eigenvalue weighted by Crippen LogP contribution is -2.16. The fourth-order valence-corrected chi connectivity index (χ4v) is 2.09. The Morgan fingerprint density at radius 1 is 1.05 bits per heavy atom. The molecule has 0 aromatic heterocycles. The molecule has 0 fully saturated rings. The molecule has 104 valence electrons. The number of nitrogens with two attached hydrogens (primary N) is 1. The predicted molar refractivity (Wildman–Crippen MR) is 77.6 cm³/mol. The molecule has 0 aliphatic carbocycles. The van der Waals surface area contributed by atoms with Gasteiger partial charge in [-0.3, -0.25) is 0 Å². The van der Waals surface area contributed by atoms with Gasteiger partial charge in [-0.2, -0.15) is 0 Å². The molecule has 2 aromatic rings. The minimum Gasteiger partial charge on any atom is -0.489 e. The summed E-state index contributed by atoms with van der Waals surface area (Å²) in [4.78, 5) is 0. The summed E-state index contributed by atoms with van der Waals surface area (Å²) in [6.45, 7) is 1.46. The Morgan fingerprint density at radius 3 is 2.40 bits per heavy atom. The van der Waals surface area contributed by atoms with Gasteiger partial charge in [-0.25, -0.2) is 0 Å². The van der Waals surface area contributed by atoms with Crippen LogP contribution in [0.3, 0.4) is 0 Å². The van der Waals surface area contributed by atoms with Crippen molar-refractivity contribution in [3.63, 3.8) is 0 Å². The SMILES string of the molecule is Nc1cc2c(cc1COc1ccc(Cl)cc1)OCCO2. The second-order valence-corrected chi connectivity index (χ2v) is 4.87. The van der Waals surface area contributed by atoms with E-state index in [1.54, 1.807) is 18.2 Å². The number of nitrogen functional groups attached to an aromatic ring is 1. The molecule has 1 aliphatic heterocycles. The van der Waals surface area contributed by atoms with Crippen LogP contribution in [0.15, 0.2) is 36.4 Å². The molecule has 0 spiro atoms. The van der Waals surface area contributed by atoms with Gasteiger partial charge in [0.1, 0.15) is 25.6 Å². The van der Waals surface area contributed by atoms with E-state index in [0.29, 0.717) is 42.0 Å². The van der Waals surface area contributed by atoms with Crippen LogP contribution < -0.4 is 19.9 Å². The average molecular weight is 292 g/mol. The lowest BCUT2D eigenvalue weighted by atomic mass is 10.1. The molecule has 0 bridgehead atoms. The van der Waals surface area contributed by atoms with E-state index in [0.717, 1.165) is 11.3 Å². The van der Waals surface area contributed by atoms with Gasteiger partial charge in [0.15, 0.2) is 11.5 Å². The van der Waals surface area contributed by atoms with Crippen LogP contribution in [-0.2, 0) is 6.61 Å². The number of hydrogen-bond acceptors (Lipinski definition) is 4. The Balaban J connectivity index is 1.75. The minimum absolute atomic E-state index is 0.365.